The zero-order chi connectivity index (χ0) is 9.26. The summed E-state index contributed by atoms with van der Waals surface area (Å²) in [5, 5.41) is 10.3. The molecule has 0 saturated carbocycles. The van der Waals surface area contributed by atoms with Crippen molar-refractivity contribution in [2.24, 2.45) is 0 Å². The molecule has 1 aliphatic heterocycles. The predicted octanol–water partition coefficient (Wildman–Crippen LogP) is 0.163. The van der Waals surface area contributed by atoms with E-state index in [1.807, 2.05) is 6.92 Å². The zero-order valence-electron chi connectivity index (χ0n) is 7.87. The molecule has 0 unspecified atom stereocenters. The summed E-state index contributed by atoms with van der Waals surface area (Å²) in [7, 11) is 1.73. The average molecular weight is 182 g/mol. The maximum Gasteiger partial charge on any atom is 0.167 e. The molecular weight excluding hydrogens is 168 g/mol. The highest BCUT2D eigenvalue weighted by Crippen LogP contribution is 2.21. The largest absolute Gasteiger partial charge is 0.380 e. The Morgan fingerprint density at radius 1 is 1.54 bits per heavy atom. The van der Waals surface area contributed by atoms with Crippen LogP contribution < -0.4 is 5.32 Å². The lowest BCUT2D eigenvalue weighted by molar-refractivity contribution is 0.117. The molecule has 72 valence electrons. The van der Waals surface area contributed by atoms with Gasteiger partial charge in [-0.15, -0.1) is 0 Å². The maximum absolute atomic E-state index is 5.24. The second kappa shape index (κ2) is 3.43. The van der Waals surface area contributed by atoms with Gasteiger partial charge in [-0.05, 0) is 13.3 Å². The monoisotopic (exact) mass is 182 g/mol. The van der Waals surface area contributed by atoms with Gasteiger partial charge in [0.2, 0.25) is 0 Å². The van der Waals surface area contributed by atoms with Crippen molar-refractivity contribution in [1.82, 2.24) is 20.5 Å². The van der Waals surface area contributed by atoms with Gasteiger partial charge < -0.3 is 10.1 Å². The van der Waals surface area contributed by atoms with E-state index in [4.69, 9.17) is 4.74 Å². The molecule has 0 bridgehead atoms. The van der Waals surface area contributed by atoms with Crippen molar-refractivity contribution in [2.75, 3.05) is 13.7 Å². The lowest BCUT2D eigenvalue weighted by Crippen LogP contribution is -2.16. The number of H-pyrrole nitrogens is 1. The Morgan fingerprint density at radius 2 is 2.38 bits per heavy atom. The predicted molar refractivity (Wildman–Crippen MR) is 47.3 cm³/mol. The molecule has 2 heterocycles. The lowest BCUT2D eigenvalue weighted by Gasteiger charge is -2.04. The molecule has 1 saturated heterocycles. The van der Waals surface area contributed by atoms with E-state index in [9.17, 15) is 0 Å². The van der Waals surface area contributed by atoms with Crippen LogP contribution in [0.2, 0.25) is 0 Å². The standard InChI is InChI=1S/C8H14N4O/c1-5-10-8(12-11-5)7-3-6(13-2)4-9-7/h6-7,9H,3-4H2,1-2H3,(H,10,11,12)/t6-,7-/m1/s1. The number of aryl methyl sites for hydroxylation is 1. The highest BCUT2D eigenvalue weighted by Gasteiger charge is 2.27. The Kier molecular flexibility index (Phi) is 2.28. The quantitative estimate of drug-likeness (QED) is 0.684. The van der Waals surface area contributed by atoms with E-state index < -0.39 is 0 Å². The summed E-state index contributed by atoms with van der Waals surface area (Å²) >= 11 is 0. The highest BCUT2D eigenvalue weighted by molar-refractivity contribution is 4.99. The lowest BCUT2D eigenvalue weighted by atomic mass is 10.2. The maximum atomic E-state index is 5.24. The van der Waals surface area contributed by atoms with Crippen LogP contribution in [-0.2, 0) is 4.74 Å². The SMILES string of the molecule is CO[C@H]1CN[C@@H](c2n[nH]c(C)n2)C1. The number of aromatic nitrogens is 3. The molecule has 1 fully saturated rings. The van der Waals surface area contributed by atoms with Gasteiger partial charge >= 0.3 is 0 Å². The first-order chi connectivity index (χ1) is 6.29. The van der Waals surface area contributed by atoms with Crippen molar-refractivity contribution in [3.8, 4) is 0 Å². The van der Waals surface area contributed by atoms with Crippen molar-refractivity contribution >= 4 is 0 Å². The number of aromatic amines is 1. The van der Waals surface area contributed by atoms with E-state index in [-0.39, 0.29) is 6.04 Å². The van der Waals surface area contributed by atoms with Crippen LogP contribution in [0.15, 0.2) is 0 Å². The van der Waals surface area contributed by atoms with Crippen LogP contribution in [0.4, 0.5) is 0 Å². The number of rotatable bonds is 2. The molecule has 0 spiro atoms. The van der Waals surface area contributed by atoms with Crippen LogP contribution in [0.25, 0.3) is 0 Å². The topological polar surface area (TPSA) is 62.8 Å². The molecule has 0 amide bonds. The molecular formula is C8H14N4O. The average Bonchev–Trinajstić information content (AvgIpc) is 2.71. The van der Waals surface area contributed by atoms with Gasteiger partial charge in [-0.1, -0.05) is 0 Å². The van der Waals surface area contributed by atoms with E-state index in [1.54, 1.807) is 7.11 Å². The number of nitrogens with zero attached hydrogens (tertiary/aromatic N) is 2. The van der Waals surface area contributed by atoms with E-state index in [2.05, 4.69) is 20.5 Å². The first kappa shape index (κ1) is 8.65. The Labute approximate surface area is 76.9 Å². The van der Waals surface area contributed by atoms with Gasteiger partial charge in [-0.25, -0.2) is 4.98 Å². The number of hydrogen-bond donors (Lipinski definition) is 2. The first-order valence-electron chi connectivity index (χ1n) is 4.44. The molecule has 0 radical (unpaired) electrons. The molecule has 0 aromatic carbocycles. The Balaban J connectivity index is 2.03. The van der Waals surface area contributed by atoms with Crippen molar-refractivity contribution in [3.63, 3.8) is 0 Å². The van der Waals surface area contributed by atoms with Crippen molar-refractivity contribution < 1.29 is 4.74 Å². The second-order valence-corrected chi connectivity index (χ2v) is 3.33. The van der Waals surface area contributed by atoms with E-state index in [1.165, 1.54) is 0 Å². The van der Waals surface area contributed by atoms with Crippen LogP contribution in [0.5, 0.6) is 0 Å². The van der Waals surface area contributed by atoms with Gasteiger partial charge in [0, 0.05) is 13.7 Å². The van der Waals surface area contributed by atoms with E-state index in [0.29, 0.717) is 6.10 Å². The molecule has 2 N–H and O–H groups in total. The summed E-state index contributed by atoms with van der Waals surface area (Å²) in [6.45, 7) is 2.79. The van der Waals surface area contributed by atoms with Gasteiger partial charge in [0.15, 0.2) is 5.82 Å². The zero-order valence-corrected chi connectivity index (χ0v) is 7.87. The minimum absolute atomic E-state index is 0.245. The third-order valence-electron chi connectivity index (χ3n) is 2.35. The third kappa shape index (κ3) is 1.71. The Hall–Kier alpha value is -0.940. The molecule has 1 aromatic rings. The number of ether oxygens (including phenoxy) is 1. The first-order valence-corrected chi connectivity index (χ1v) is 4.44. The smallest absolute Gasteiger partial charge is 0.167 e. The molecule has 5 heteroatoms. The fourth-order valence-corrected chi connectivity index (χ4v) is 1.60. The summed E-state index contributed by atoms with van der Waals surface area (Å²) in [5.41, 5.74) is 0. The van der Waals surface area contributed by atoms with Crippen molar-refractivity contribution in [3.05, 3.63) is 11.6 Å². The van der Waals surface area contributed by atoms with E-state index >= 15 is 0 Å². The third-order valence-corrected chi connectivity index (χ3v) is 2.35. The van der Waals surface area contributed by atoms with Crippen molar-refractivity contribution in [2.45, 2.75) is 25.5 Å². The summed E-state index contributed by atoms with van der Waals surface area (Å²) in [5.74, 6) is 1.70. The molecule has 13 heavy (non-hydrogen) atoms. The van der Waals surface area contributed by atoms with Crippen LogP contribution in [0, 0.1) is 6.92 Å². The summed E-state index contributed by atoms with van der Waals surface area (Å²) in [4.78, 5) is 4.28. The molecule has 1 aromatic heterocycles. The molecule has 2 rings (SSSR count). The van der Waals surface area contributed by atoms with Crippen LogP contribution in [0.3, 0.4) is 0 Å². The molecule has 5 nitrogen and oxygen atoms in total. The molecule has 0 aliphatic carbocycles. The summed E-state index contributed by atoms with van der Waals surface area (Å²) < 4.78 is 5.24. The summed E-state index contributed by atoms with van der Waals surface area (Å²) in [6, 6.07) is 0.245. The minimum atomic E-state index is 0.245. The summed E-state index contributed by atoms with van der Waals surface area (Å²) in [6.07, 6.45) is 1.25. The van der Waals surface area contributed by atoms with Gasteiger partial charge in [0.1, 0.15) is 5.82 Å². The molecule has 2 atom stereocenters. The Morgan fingerprint density at radius 3 is 2.92 bits per heavy atom. The molecule has 1 aliphatic rings. The normalized spacial score (nSPS) is 28.2. The fraction of sp³-hybridized carbons (Fsp3) is 0.750. The number of hydrogen-bond acceptors (Lipinski definition) is 4. The van der Waals surface area contributed by atoms with Gasteiger partial charge in [0.25, 0.3) is 0 Å². The minimum Gasteiger partial charge on any atom is -0.380 e. The second-order valence-electron chi connectivity index (χ2n) is 3.33. The number of nitrogens with one attached hydrogen (secondary N) is 2. The van der Waals surface area contributed by atoms with Crippen LogP contribution in [0.1, 0.15) is 24.1 Å². The Bertz CT molecular complexity index is 285. The van der Waals surface area contributed by atoms with Crippen molar-refractivity contribution in [1.29, 1.82) is 0 Å². The highest BCUT2D eigenvalue weighted by atomic mass is 16.5. The fourth-order valence-electron chi connectivity index (χ4n) is 1.60. The van der Waals surface area contributed by atoms with E-state index in [0.717, 1.165) is 24.6 Å². The van der Waals surface area contributed by atoms with Gasteiger partial charge in [-0.2, -0.15) is 5.10 Å². The number of methoxy groups -OCH3 is 1. The van der Waals surface area contributed by atoms with Crippen LogP contribution in [-0.4, -0.2) is 34.9 Å². The van der Waals surface area contributed by atoms with Gasteiger partial charge in [-0.3, -0.25) is 5.10 Å². The van der Waals surface area contributed by atoms with Gasteiger partial charge in [0.05, 0.1) is 12.1 Å². The van der Waals surface area contributed by atoms with Crippen LogP contribution >= 0.6 is 0 Å².